The molecule has 110 valence electrons. The van der Waals surface area contributed by atoms with E-state index in [0.29, 0.717) is 18.3 Å². The SMILES string of the molecule is Cc1nc(S(N)(=O)=O)cn1Cc1ncnn1CC(C)C. The molecule has 2 aromatic rings. The van der Waals surface area contributed by atoms with E-state index in [1.165, 1.54) is 12.5 Å². The minimum atomic E-state index is -3.79. The summed E-state index contributed by atoms with van der Waals surface area (Å²) in [6, 6.07) is 0. The van der Waals surface area contributed by atoms with Crippen molar-refractivity contribution in [2.24, 2.45) is 11.1 Å². The van der Waals surface area contributed by atoms with Crippen LogP contribution in [-0.4, -0.2) is 32.7 Å². The van der Waals surface area contributed by atoms with Crippen LogP contribution >= 0.6 is 0 Å². The molecular formula is C11H18N6O2S. The lowest BCUT2D eigenvalue weighted by molar-refractivity contribution is 0.460. The van der Waals surface area contributed by atoms with Crippen molar-refractivity contribution in [2.45, 2.75) is 38.9 Å². The van der Waals surface area contributed by atoms with Gasteiger partial charge in [-0.25, -0.2) is 28.2 Å². The molecule has 20 heavy (non-hydrogen) atoms. The lowest BCUT2D eigenvalue weighted by Gasteiger charge is -2.09. The monoisotopic (exact) mass is 298 g/mol. The molecule has 0 aliphatic rings. The Hall–Kier alpha value is -1.74. The molecule has 0 radical (unpaired) electrons. The second-order valence-electron chi connectivity index (χ2n) is 5.05. The highest BCUT2D eigenvalue weighted by atomic mass is 32.2. The molecule has 2 rings (SSSR count). The molecule has 0 unspecified atom stereocenters. The Labute approximate surface area is 117 Å². The first-order chi connectivity index (χ1) is 9.27. The maximum Gasteiger partial charge on any atom is 0.257 e. The van der Waals surface area contributed by atoms with Gasteiger partial charge in [0.15, 0.2) is 5.03 Å². The number of imidazole rings is 1. The van der Waals surface area contributed by atoms with Crippen LogP contribution in [0.15, 0.2) is 17.6 Å². The molecule has 0 aliphatic heterocycles. The molecule has 0 amide bonds. The van der Waals surface area contributed by atoms with E-state index >= 15 is 0 Å². The molecule has 0 aliphatic carbocycles. The van der Waals surface area contributed by atoms with Gasteiger partial charge in [-0.15, -0.1) is 0 Å². The van der Waals surface area contributed by atoms with Crippen LogP contribution in [0, 0.1) is 12.8 Å². The Morgan fingerprint density at radius 1 is 1.40 bits per heavy atom. The predicted octanol–water partition coefficient (Wildman–Crippen LogP) is 0.135. The molecule has 0 spiro atoms. The number of sulfonamides is 1. The number of aryl methyl sites for hydroxylation is 1. The molecule has 0 saturated carbocycles. The fourth-order valence-electron chi connectivity index (χ4n) is 1.84. The molecule has 0 fully saturated rings. The summed E-state index contributed by atoms with van der Waals surface area (Å²) in [6.07, 6.45) is 2.91. The Morgan fingerprint density at radius 2 is 2.10 bits per heavy atom. The van der Waals surface area contributed by atoms with Gasteiger partial charge in [0, 0.05) is 12.7 Å². The molecule has 2 N–H and O–H groups in total. The largest absolute Gasteiger partial charge is 0.326 e. The van der Waals surface area contributed by atoms with Crippen molar-refractivity contribution in [2.75, 3.05) is 0 Å². The van der Waals surface area contributed by atoms with Gasteiger partial charge < -0.3 is 4.57 Å². The molecule has 0 atom stereocenters. The smallest absolute Gasteiger partial charge is 0.257 e. The zero-order chi connectivity index (χ0) is 14.9. The fourth-order valence-corrected chi connectivity index (χ4v) is 2.37. The number of hydrogen-bond acceptors (Lipinski definition) is 5. The summed E-state index contributed by atoms with van der Waals surface area (Å²) in [5.41, 5.74) is 0. The number of nitrogens with zero attached hydrogens (tertiary/aromatic N) is 5. The van der Waals surface area contributed by atoms with E-state index in [1.54, 1.807) is 16.2 Å². The van der Waals surface area contributed by atoms with Crippen LogP contribution in [0.25, 0.3) is 0 Å². The number of aromatic nitrogens is 5. The average Bonchev–Trinajstić information content (AvgIpc) is 2.87. The fraction of sp³-hybridized carbons (Fsp3) is 0.545. The number of rotatable bonds is 5. The van der Waals surface area contributed by atoms with Crippen LogP contribution in [0.2, 0.25) is 0 Å². The van der Waals surface area contributed by atoms with Gasteiger partial charge in [-0.1, -0.05) is 13.8 Å². The van der Waals surface area contributed by atoms with Crippen LogP contribution in [0.3, 0.4) is 0 Å². The van der Waals surface area contributed by atoms with Crippen molar-refractivity contribution in [3.05, 3.63) is 24.2 Å². The first kappa shape index (κ1) is 14.7. The molecule has 2 aromatic heterocycles. The zero-order valence-electron chi connectivity index (χ0n) is 11.7. The van der Waals surface area contributed by atoms with Crippen molar-refractivity contribution >= 4 is 10.0 Å². The van der Waals surface area contributed by atoms with E-state index < -0.39 is 10.0 Å². The first-order valence-corrected chi connectivity index (χ1v) is 7.75. The summed E-state index contributed by atoms with van der Waals surface area (Å²) in [7, 11) is -3.79. The number of primary sulfonamides is 1. The van der Waals surface area contributed by atoms with Crippen molar-refractivity contribution in [3.63, 3.8) is 0 Å². The Morgan fingerprint density at radius 3 is 2.65 bits per heavy atom. The minimum Gasteiger partial charge on any atom is -0.326 e. The van der Waals surface area contributed by atoms with Crippen LogP contribution < -0.4 is 5.14 Å². The van der Waals surface area contributed by atoms with Gasteiger partial charge in [-0.05, 0) is 12.8 Å². The number of hydrogen-bond donors (Lipinski definition) is 1. The third kappa shape index (κ3) is 3.23. The predicted molar refractivity (Wildman–Crippen MR) is 72.3 cm³/mol. The van der Waals surface area contributed by atoms with E-state index in [9.17, 15) is 8.42 Å². The third-order valence-corrected chi connectivity index (χ3v) is 3.57. The molecule has 8 nitrogen and oxygen atoms in total. The standard InChI is InChI=1S/C11H18N6O2S/c1-8(2)4-17-10(13-7-14-17)5-16-6-11(15-9(16)3)20(12,18)19/h6-8H,4-5H2,1-3H3,(H2,12,18,19). The molecule has 0 saturated heterocycles. The lowest BCUT2D eigenvalue weighted by atomic mass is 10.2. The zero-order valence-corrected chi connectivity index (χ0v) is 12.5. The van der Waals surface area contributed by atoms with E-state index in [2.05, 4.69) is 28.9 Å². The normalized spacial score (nSPS) is 12.2. The highest BCUT2D eigenvalue weighted by Gasteiger charge is 2.16. The van der Waals surface area contributed by atoms with E-state index in [-0.39, 0.29) is 5.03 Å². The van der Waals surface area contributed by atoms with Gasteiger partial charge >= 0.3 is 0 Å². The summed E-state index contributed by atoms with van der Waals surface area (Å²) in [4.78, 5) is 8.15. The van der Waals surface area contributed by atoms with Crippen LogP contribution in [0.5, 0.6) is 0 Å². The molecule has 0 bridgehead atoms. The van der Waals surface area contributed by atoms with Gasteiger partial charge in [0.2, 0.25) is 0 Å². The average molecular weight is 298 g/mol. The van der Waals surface area contributed by atoms with Crippen LogP contribution in [0.4, 0.5) is 0 Å². The third-order valence-electron chi connectivity index (χ3n) is 2.79. The maximum atomic E-state index is 11.3. The lowest BCUT2D eigenvalue weighted by Crippen LogP contribution is -2.14. The topological polar surface area (TPSA) is 109 Å². The van der Waals surface area contributed by atoms with Gasteiger partial charge in [0.25, 0.3) is 10.0 Å². The number of nitrogens with two attached hydrogens (primary N) is 1. The second kappa shape index (κ2) is 5.33. The van der Waals surface area contributed by atoms with Crippen LogP contribution in [-0.2, 0) is 23.1 Å². The molecule has 2 heterocycles. The summed E-state index contributed by atoms with van der Waals surface area (Å²) in [6.45, 7) is 7.06. The summed E-state index contributed by atoms with van der Waals surface area (Å²) < 4.78 is 26.1. The Bertz CT molecular complexity index is 700. The summed E-state index contributed by atoms with van der Waals surface area (Å²) in [5, 5.41) is 9.10. The summed E-state index contributed by atoms with van der Waals surface area (Å²) in [5.74, 6) is 1.76. The van der Waals surface area contributed by atoms with Crippen molar-refractivity contribution < 1.29 is 8.42 Å². The van der Waals surface area contributed by atoms with E-state index in [1.807, 2.05) is 0 Å². The Balaban J connectivity index is 2.27. The van der Waals surface area contributed by atoms with Crippen molar-refractivity contribution in [3.8, 4) is 0 Å². The van der Waals surface area contributed by atoms with Crippen molar-refractivity contribution in [1.29, 1.82) is 0 Å². The molecule has 0 aromatic carbocycles. The highest BCUT2D eigenvalue weighted by molar-refractivity contribution is 7.89. The van der Waals surface area contributed by atoms with E-state index in [4.69, 9.17) is 5.14 Å². The van der Waals surface area contributed by atoms with E-state index in [0.717, 1.165) is 12.4 Å². The van der Waals surface area contributed by atoms with Gasteiger partial charge in [-0.2, -0.15) is 5.10 Å². The van der Waals surface area contributed by atoms with Gasteiger partial charge in [0.1, 0.15) is 18.0 Å². The minimum absolute atomic E-state index is 0.134. The van der Waals surface area contributed by atoms with Crippen molar-refractivity contribution in [1.82, 2.24) is 24.3 Å². The summed E-state index contributed by atoms with van der Waals surface area (Å²) >= 11 is 0. The quantitative estimate of drug-likeness (QED) is 0.844. The van der Waals surface area contributed by atoms with Gasteiger partial charge in [-0.3, -0.25) is 0 Å². The second-order valence-corrected chi connectivity index (χ2v) is 6.56. The van der Waals surface area contributed by atoms with Crippen LogP contribution in [0.1, 0.15) is 25.5 Å². The highest BCUT2D eigenvalue weighted by Crippen LogP contribution is 2.10. The molecular weight excluding hydrogens is 280 g/mol. The van der Waals surface area contributed by atoms with Gasteiger partial charge in [0.05, 0.1) is 6.54 Å². The first-order valence-electron chi connectivity index (χ1n) is 6.20. The molecule has 9 heteroatoms. The maximum absolute atomic E-state index is 11.3. The Kier molecular flexibility index (Phi) is 3.91.